The molecule has 0 bridgehead atoms. The van der Waals surface area contributed by atoms with Crippen molar-refractivity contribution in [3.05, 3.63) is 0 Å². The lowest BCUT2D eigenvalue weighted by atomic mass is 9.78. The Labute approximate surface area is 117 Å². The van der Waals surface area contributed by atoms with E-state index in [1.807, 2.05) is 0 Å². The number of rotatable bonds is 3. The van der Waals surface area contributed by atoms with Crippen LogP contribution in [0.15, 0.2) is 0 Å². The minimum absolute atomic E-state index is 0.272. The van der Waals surface area contributed by atoms with E-state index in [-0.39, 0.29) is 5.92 Å². The van der Waals surface area contributed by atoms with Crippen molar-refractivity contribution in [2.45, 2.75) is 77.3 Å². The molecule has 3 heteroatoms. The van der Waals surface area contributed by atoms with Crippen LogP contribution in [0, 0.1) is 11.8 Å². The van der Waals surface area contributed by atoms with Gasteiger partial charge in [-0.1, -0.05) is 12.8 Å². The van der Waals surface area contributed by atoms with Gasteiger partial charge in [-0.15, -0.1) is 0 Å². The highest BCUT2D eigenvalue weighted by atomic mass is 16.2. The first kappa shape index (κ1) is 14.8. The van der Waals surface area contributed by atoms with Crippen LogP contribution in [0.3, 0.4) is 0 Å². The first-order valence-corrected chi connectivity index (χ1v) is 8.15. The minimum atomic E-state index is 0.272. The van der Waals surface area contributed by atoms with Crippen LogP contribution < -0.4 is 5.73 Å². The molecule has 2 aliphatic rings. The van der Waals surface area contributed by atoms with Gasteiger partial charge in [0.05, 0.1) is 0 Å². The van der Waals surface area contributed by atoms with E-state index in [4.69, 9.17) is 5.73 Å². The number of piperidine rings is 1. The molecule has 3 nitrogen and oxygen atoms in total. The highest BCUT2D eigenvalue weighted by Gasteiger charge is 2.35. The number of likely N-dealkylation sites (tertiary alicyclic amines) is 1. The summed E-state index contributed by atoms with van der Waals surface area (Å²) < 4.78 is 0. The van der Waals surface area contributed by atoms with Gasteiger partial charge in [0.15, 0.2) is 0 Å². The molecule has 2 N–H and O–H groups in total. The van der Waals surface area contributed by atoms with Crippen molar-refractivity contribution in [1.82, 2.24) is 4.90 Å². The van der Waals surface area contributed by atoms with Crippen LogP contribution in [-0.4, -0.2) is 29.4 Å². The highest BCUT2D eigenvalue weighted by molar-refractivity contribution is 5.79. The third kappa shape index (κ3) is 3.50. The molecule has 0 aromatic carbocycles. The molecule has 2 fully saturated rings. The zero-order valence-electron chi connectivity index (χ0n) is 12.6. The molecule has 1 aliphatic carbocycles. The second-order valence-corrected chi connectivity index (χ2v) is 6.68. The first-order chi connectivity index (χ1) is 9.13. The summed E-state index contributed by atoms with van der Waals surface area (Å²) in [6.07, 6.45) is 9.36. The predicted molar refractivity (Wildman–Crippen MR) is 78.7 cm³/mol. The van der Waals surface area contributed by atoms with Gasteiger partial charge in [-0.25, -0.2) is 0 Å². The monoisotopic (exact) mass is 266 g/mol. The molecule has 0 aromatic heterocycles. The number of nitrogens with two attached hydrogens (primary N) is 1. The summed E-state index contributed by atoms with van der Waals surface area (Å²) in [5, 5.41) is 0. The zero-order valence-corrected chi connectivity index (χ0v) is 12.6. The Kier molecular flexibility index (Phi) is 5.26. The van der Waals surface area contributed by atoms with Crippen LogP contribution in [-0.2, 0) is 4.79 Å². The number of hydrogen-bond acceptors (Lipinski definition) is 2. The van der Waals surface area contributed by atoms with E-state index in [0.717, 1.165) is 25.8 Å². The molecular formula is C16H30N2O. The molecule has 1 saturated heterocycles. The number of carbonyl (C=O) groups excluding carboxylic acids is 1. The van der Waals surface area contributed by atoms with Crippen molar-refractivity contribution in [2.75, 3.05) is 6.54 Å². The van der Waals surface area contributed by atoms with E-state index in [2.05, 4.69) is 18.7 Å². The van der Waals surface area contributed by atoms with Gasteiger partial charge in [-0.2, -0.15) is 0 Å². The van der Waals surface area contributed by atoms with Gasteiger partial charge in [0.25, 0.3) is 0 Å². The van der Waals surface area contributed by atoms with Crippen molar-refractivity contribution in [2.24, 2.45) is 17.6 Å². The summed E-state index contributed by atoms with van der Waals surface area (Å²) >= 11 is 0. The molecule has 4 atom stereocenters. The highest BCUT2D eigenvalue weighted by Crippen LogP contribution is 2.34. The SMILES string of the molecule is CC1CCCC(C)N1C(=O)C1CCCC(CCN)C1. The Morgan fingerprint density at radius 1 is 1.11 bits per heavy atom. The number of nitrogens with zero attached hydrogens (tertiary/aromatic N) is 1. The smallest absolute Gasteiger partial charge is 0.226 e. The van der Waals surface area contributed by atoms with E-state index in [0.29, 0.717) is 23.9 Å². The summed E-state index contributed by atoms with van der Waals surface area (Å²) in [4.78, 5) is 15.0. The van der Waals surface area contributed by atoms with Crippen molar-refractivity contribution < 1.29 is 4.79 Å². The lowest BCUT2D eigenvalue weighted by Gasteiger charge is -2.42. The summed E-state index contributed by atoms with van der Waals surface area (Å²) in [7, 11) is 0. The van der Waals surface area contributed by atoms with E-state index in [1.54, 1.807) is 0 Å². The molecule has 0 radical (unpaired) electrons. The van der Waals surface area contributed by atoms with Gasteiger partial charge in [-0.05, 0) is 64.8 Å². The average Bonchev–Trinajstić information content (AvgIpc) is 2.39. The molecule has 0 spiro atoms. The number of carbonyl (C=O) groups is 1. The molecule has 19 heavy (non-hydrogen) atoms. The molecular weight excluding hydrogens is 236 g/mol. The molecule has 1 saturated carbocycles. The molecule has 1 heterocycles. The summed E-state index contributed by atoms with van der Waals surface area (Å²) in [5.74, 6) is 1.39. The van der Waals surface area contributed by atoms with E-state index >= 15 is 0 Å². The largest absolute Gasteiger partial charge is 0.337 e. The Hall–Kier alpha value is -0.570. The molecule has 1 aliphatic heterocycles. The second kappa shape index (κ2) is 6.74. The standard InChI is InChI=1S/C16H30N2O/c1-12-5-3-6-13(2)18(12)16(19)15-8-4-7-14(11-15)9-10-17/h12-15H,3-11,17H2,1-2H3. The maximum Gasteiger partial charge on any atom is 0.226 e. The van der Waals surface area contributed by atoms with Gasteiger partial charge in [-0.3, -0.25) is 4.79 Å². The van der Waals surface area contributed by atoms with Crippen molar-refractivity contribution in [3.63, 3.8) is 0 Å². The molecule has 2 rings (SSSR count). The Morgan fingerprint density at radius 2 is 1.74 bits per heavy atom. The maximum atomic E-state index is 12.8. The van der Waals surface area contributed by atoms with Crippen LogP contribution in [0.4, 0.5) is 0 Å². The van der Waals surface area contributed by atoms with Crippen LogP contribution in [0.2, 0.25) is 0 Å². The molecule has 1 amide bonds. The number of amides is 1. The fourth-order valence-electron chi connectivity index (χ4n) is 4.08. The summed E-state index contributed by atoms with van der Waals surface area (Å²) in [6.45, 7) is 5.20. The normalized spacial score (nSPS) is 36.3. The zero-order chi connectivity index (χ0) is 13.8. The predicted octanol–water partition coefficient (Wildman–Crippen LogP) is 2.93. The number of hydrogen-bond donors (Lipinski definition) is 1. The van der Waals surface area contributed by atoms with Crippen molar-refractivity contribution >= 4 is 5.91 Å². The van der Waals surface area contributed by atoms with Crippen LogP contribution in [0.25, 0.3) is 0 Å². The lowest BCUT2D eigenvalue weighted by molar-refractivity contribution is -0.143. The molecule has 4 unspecified atom stereocenters. The van der Waals surface area contributed by atoms with Crippen LogP contribution in [0.5, 0.6) is 0 Å². The quantitative estimate of drug-likeness (QED) is 0.853. The first-order valence-electron chi connectivity index (χ1n) is 8.15. The van der Waals surface area contributed by atoms with Gasteiger partial charge in [0.1, 0.15) is 0 Å². The minimum Gasteiger partial charge on any atom is -0.337 e. The van der Waals surface area contributed by atoms with Gasteiger partial charge in [0, 0.05) is 18.0 Å². The van der Waals surface area contributed by atoms with E-state index < -0.39 is 0 Å². The summed E-state index contributed by atoms with van der Waals surface area (Å²) in [5.41, 5.74) is 5.67. The second-order valence-electron chi connectivity index (χ2n) is 6.68. The lowest BCUT2D eigenvalue weighted by Crippen LogP contribution is -2.50. The van der Waals surface area contributed by atoms with Crippen molar-refractivity contribution in [3.8, 4) is 0 Å². The van der Waals surface area contributed by atoms with Gasteiger partial charge < -0.3 is 10.6 Å². The molecule has 110 valence electrons. The van der Waals surface area contributed by atoms with Crippen LogP contribution in [0.1, 0.15) is 65.2 Å². The van der Waals surface area contributed by atoms with Crippen LogP contribution >= 0.6 is 0 Å². The summed E-state index contributed by atoms with van der Waals surface area (Å²) in [6, 6.07) is 0.872. The van der Waals surface area contributed by atoms with Gasteiger partial charge >= 0.3 is 0 Å². The topological polar surface area (TPSA) is 46.3 Å². The Bertz CT molecular complexity index is 293. The fourth-order valence-corrected chi connectivity index (χ4v) is 4.08. The third-order valence-electron chi connectivity index (χ3n) is 5.15. The van der Waals surface area contributed by atoms with E-state index in [9.17, 15) is 4.79 Å². The Balaban J connectivity index is 1.97. The van der Waals surface area contributed by atoms with E-state index in [1.165, 1.54) is 32.1 Å². The third-order valence-corrected chi connectivity index (χ3v) is 5.15. The van der Waals surface area contributed by atoms with Crippen molar-refractivity contribution in [1.29, 1.82) is 0 Å². The average molecular weight is 266 g/mol. The fraction of sp³-hybridized carbons (Fsp3) is 0.938. The van der Waals surface area contributed by atoms with Gasteiger partial charge in [0.2, 0.25) is 5.91 Å². The maximum absolute atomic E-state index is 12.8. The Morgan fingerprint density at radius 3 is 2.37 bits per heavy atom. The molecule has 0 aromatic rings.